The molecule has 1 aliphatic heterocycles. The minimum atomic E-state index is -0.563. The first-order valence-corrected chi connectivity index (χ1v) is 18.9. The summed E-state index contributed by atoms with van der Waals surface area (Å²) in [4.78, 5) is 14.2. The molecular weight excluding hydrogens is 665 g/mol. The van der Waals surface area contributed by atoms with E-state index in [-0.39, 0.29) is 6.04 Å². The van der Waals surface area contributed by atoms with Gasteiger partial charge >= 0.3 is 0 Å². The standard InChI is InChI=1S/C22H33N5.C20H30N2.C2H5N.C2H6/c1-9-20-12-16(4)25-22(20)11-15(3)13-24-17(5)14-27(8)19(7)26-18(6)21(23)10-2;1-9-18-12-19(16(6)21-8)10-11-20(18)17(7)22-15(5)14(4)13(2)3;1-3-2;1-2/h2,11,21,24H,5-6,9,12-14,23H2,1,3-4,7-8H3;10-13,17,21-22H,4-6,9H2,1-3,7-8H3;1H2,2H3;1-2H3/b15-11+,26-19?;;;. The molecule has 2 rings (SSSR count). The molecule has 2 atom stereocenters. The van der Waals surface area contributed by atoms with Crippen LogP contribution in [0.25, 0.3) is 5.70 Å². The second kappa shape index (κ2) is 27.7. The Bertz CT molecular complexity index is 1590. The van der Waals surface area contributed by atoms with Crippen LogP contribution in [0, 0.1) is 18.3 Å². The van der Waals surface area contributed by atoms with Crippen LogP contribution in [0.2, 0.25) is 0 Å². The molecule has 0 aliphatic carbocycles. The highest BCUT2D eigenvalue weighted by atomic mass is 15.2. The van der Waals surface area contributed by atoms with E-state index < -0.39 is 6.04 Å². The molecule has 0 fully saturated rings. The number of rotatable bonds is 17. The smallest absolute Gasteiger partial charge is 0.108 e. The van der Waals surface area contributed by atoms with Crippen molar-refractivity contribution < 1.29 is 0 Å². The minimum Gasteiger partial charge on any atom is -0.388 e. The van der Waals surface area contributed by atoms with E-state index in [9.17, 15) is 0 Å². The van der Waals surface area contributed by atoms with Gasteiger partial charge in [0.1, 0.15) is 11.9 Å². The Morgan fingerprint density at radius 2 is 1.69 bits per heavy atom. The quantitative estimate of drug-likeness (QED) is 0.0552. The van der Waals surface area contributed by atoms with Crippen LogP contribution in [-0.2, 0) is 6.42 Å². The number of nitrogens with zero attached hydrogens (tertiary/aromatic N) is 4. The molecule has 1 aromatic rings. The predicted octanol–water partition coefficient (Wildman–Crippen LogP) is 9.55. The van der Waals surface area contributed by atoms with Crippen LogP contribution in [0.3, 0.4) is 0 Å². The summed E-state index contributed by atoms with van der Waals surface area (Å²) in [7, 11) is 5.48. The van der Waals surface area contributed by atoms with Gasteiger partial charge in [-0.15, -0.1) is 6.42 Å². The number of hydrogen-bond acceptors (Lipinski definition) is 7. The zero-order valence-corrected chi connectivity index (χ0v) is 36.3. The highest BCUT2D eigenvalue weighted by Crippen LogP contribution is 2.26. The van der Waals surface area contributed by atoms with E-state index >= 15 is 0 Å². The molecule has 0 aromatic heterocycles. The lowest BCUT2D eigenvalue weighted by Gasteiger charge is -2.23. The maximum atomic E-state index is 5.73. The van der Waals surface area contributed by atoms with E-state index in [4.69, 9.17) is 12.2 Å². The molecule has 0 amide bonds. The monoisotopic (exact) mass is 739 g/mol. The Labute approximate surface area is 331 Å². The van der Waals surface area contributed by atoms with E-state index in [1.54, 1.807) is 7.05 Å². The van der Waals surface area contributed by atoms with Crippen molar-refractivity contribution in [2.75, 3.05) is 34.2 Å². The summed E-state index contributed by atoms with van der Waals surface area (Å²) in [5, 5.41) is 9.95. The van der Waals surface area contributed by atoms with Crippen LogP contribution in [-0.4, -0.2) is 63.4 Å². The van der Waals surface area contributed by atoms with Gasteiger partial charge in [0.15, 0.2) is 0 Å². The first kappa shape index (κ1) is 51.2. The van der Waals surface area contributed by atoms with Gasteiger partial charge in [0.05, 0.1) is 17.9 Å². The fourth-order valence-corrected chi connectivity index (χ4v) is 5.08. The normalized spacial score (nSPS) is 13.2. The van der Waals surface area contributed by atoms with E-state index in [1.165, 1.54) is 28.0 Å². The van der Waals surface area contributed by atoms with Crippen LogP contribution < -0.4 is 21.7 Å². The van der Waals surface area contributed by atoms with Crippen molar-refractivity contribution in [3.05, 3.63) is 113 Å². The van der Waals surface area contributed by atoms with E-state index in [2.05, 4.69) is 149 Å². The average molecular weight is 739 g/mol. The van der Waals surface area contributed by atoms with Gasteiger partial charge < -0.3 is 31.6 Å². The van der Waals surface area contributed by atoms with Gasteiger partial charge in [0.2, 0.25) is 0 Å². The number of amidine groups is 1. The number of allylic oxidation sites excluding steroid dienone is 3. The molecule has 2 unspecified atom stereocenters. The Balaban J connectivity index is 0. The summed E-state index contributed by atoms with van der Waals surface area (Å²) in [5.41, 5.74) is 18.7. The molecule has 1 aromatic carbocycles. The largest absolute Gasteiger partial charge is 0.388 e. The first-order chi connectivity index (χ1) is 25.4. The van der Waals surface area contributed by atoms with Crippen molar-refractivity contribution in [2.45, 2.75) is 101 Å². The zero-order valence-electron chi connectivity index (χ0n) is 36.3. The molecule has 8 heteroatoms. The second-order valence-corrected chi connectivity index (χ2v) is 13.3. The topological polar surface area (TPSA) is 102 Å². The molecule has 0 spiro atoms. The molecular formula is C46H74N8. The van der Waals surface area contributed by atoms with E-state index in [1.807, 2.05) is 39.8 Å². The van der Waals surface area contributed by atoms with Gasteiger partial charge in [-0.2, -0.15) is 0 Å². The molecule has 8 nitrogen and oxygen atoms in total. The van der Waals surface area contributed by atoms with Crippen molar-refractivity contribution >= 4 is 24.0 Å². The number of hydrogen-bond donors (Lipinski definition) is 4. The summed E-state index contributed by atoms with van der Waals surface area (Å²) in [5.74, 6) is 3.61. The number of aryl methyl sites for hydroxylation is 1. The Morgan fingerprint density at radius 1 is 1.09 bits per heavy atom. The molecule has 298 valence electrons. The summed E-state index contributed by atoms with van der Waals surface area (Å²) in [6, 6.07) is 6.15. The van der Waals surface area contributed by atoms with Crippen LogP contribution >= 0.6 is 0 Å². The zero-order chi connectivity index (χ0) is 42.1. The maximum absolute atomic E-state index is 5.73. The summed E-state index contributed by atoms with van der Waals surface area (Å²) < 4.78 is 0. The van der Waals surface area contributed by atoms with Crippen LogP contribution in [0.15, 0.2) is 112 Å². The number of terminal acetylenes is 1. The SMILES string of the molecule is C#CC(N)C(=C)N=C(C)N(C)CC(=C)NC/C(C)=C/C1=C(CC)CC(C)=N1.C=C(NC(C)c1ccc(C(=C)NC)cc1CC)C(=C)C(C)C.C=NC.CC. The highest BCUT2D eigenvalue weighted by Gasteiger charge is 2.14. The van der Waals surface area contributed by atoms with Crippen molar-refractivity contribution in [2.24, 2.45) is 26.6 Å². The number of nitrogens with one attached hydrogen (secondary N) is 3. The van der Waals surface area contributed by atoms with Crippen molar-refractivity contribution in [1.29, 1.82) is 0 Å². The van der Waals surface area contributed by atoms with Gasteiger partial charge in [0, 0.05) is 63.0 Å². The Hall–Kier alpha value is -4.87. The van der Waals surface area contributed by atoms with E-state index in [0.29, 0.717) is 18.2 Å². The molecule has 54 heavy (non-hydrogen) atoms. The number of nitrogens with two attached hydrogens (primary N) is 1. The van der Waals surface area contributed by atoms with Gasteiger partial charge in [-0.25, -0.2) is 4.99 Å². The van der Waals surface area contributed by atoms with Crippen molar-refractivity contribution in [3.8, 4) is 12.3 Å². The fourth-order valence-electron chi connectivity index (χ4n) is 5.08. The molecule has 0 saturated heterocycles. The molecule has 5 N–H and O–H groups in total. The molecule has 0 saturated carbocycles. The maximum Gasteiger partial charge on any atom is 0.108 e. The third-order valence-corrected chi connectivity index (χ3v) is 8.51. The molecule has 0 radical (unpaired) electrons. The summed E-state index contributed by atoms with van der Waals surface area (Å²) >= 11 is 0. The second-order valence-electron chi connectivity index (χ2n) is 13.3. The molecule has 1 heterocycles. The van der Waals surface area contributed by atoms with Crippen LogP contribution in [0.4, 0.5) is 0 Å². The Kier molecular flexibility index (Phi) is 26.3. The van der Waals surface area contributed by atoms with Gasteiger partial charge in [-0.3, -0.25) is 4.99 Å². The van der Waals surface area contributed by atoms with Gasteiger partial charge in [0.25, 0.3) is 0 Å². The average Bonchev–Trinajstić information content (AvgIpc) is 3.51. The minimum absolute atomic E-state index is 0.204. The lowest BCUT2D eigenvalue weighted by atomic mass is 9.95. The third-order valence-electron chi connectivity index (χ3n) is 8.51. The molecule has 1 aliphatic rings. The number of aliphatic imine (C=N–C) groups is 3. The Morgan fingerprint density at radius 3 is 2.19 bits per heavy atom. The predicted molar refractivity (Wildman–Crippen MR) is 243 cm³/mol. The number of benzene rings is 1. The summed E-state index contributed by atoms with van der Waals surface area (Å²) in [6.07, 6.45) is 10.5. The lowest BCUT2D eigenvalue weighted by molar-refractivity contribution is 0.527. The van der Waals surface area contributed by atoms with Crippen molar-refractivity contribution in [3.63, 3.8) is 0 Å². The van der Waals surface area contributed by atoms with Gasteiger partial charge in [-0.05, 0) is 93.2 Å². The lowest BCUT2D eigenvalue weighted by Crippen LogP contribution is -2.32. The van der Waals surface area contributed by atoms with Crippen LogP contribution in [0.5, 0.6) is 0 Å². The van der Waals surface area contributed by atoms with Crippen molar-refractivity contribution in [1.82, 2.24) is 20.9 Å². The first-order valence-electron chi connectivity index (χ1n) is 18.9. The van der Waals surface area contributed by atoms with Crippen LogP contribution in [0.1, 0.15) is 105 Å². The number of likely N-dealkylation sites (N-methyl/N-ethyl adjacent to an activating group) is 1. The summed E-state index contributed by atoms with van der Waals surface area (Å²) in [6.45, 7) is 45.5. The third kappa shape index (κ3) is 18.8. The highest BCUT2D eigenvalue weighted by molar-refractivity contribution is 5.88. The van der Waals surface area contributed by atoms with Gasteiger partial charge in [-0.1, -0.05) is 98.1 Å². The van der Waals surface area contributed by atoms with E-state index in [0.717, 1.165) is 65.6 Å². The molecule has 0 bridgehead atoms. The fraction of sp³-hybridized carbons (Fsp3) is 0.457.